The van der Waals surface area contributed by atoms with Crippen molar-refractivity contribution in [2.75, 3.05) is 0 Å². The van der Waals surface area contributed by atoms with E-state index < -0.39 is 8.24 Å². The fourth-order valence-corrected chi connectivity index (χ4v) is 2.66. The maximum absolute atomic E-state index is 7.82. The Morgan fingerprint density at radius 2 is 1.31 bits per heavy atom. The summed E-state index contributed by atoms with van der Waals surface area (Å²) in [6, 6.07) is 1.20. The van der Waals surface area contributed by atoms with E-state index in [0.717, 1.165) is 0 Å². The molecule has 1 nitrogen and oxygen atoms in total. The average molecular weight is 200 g/mol. The van der Waals surface area contributed by atoms with Crippen molar-refractivity contribution in [2.45, 2.75) is 71.0 Å². The molecule has 0 aliphatic carbocycles. The van der Waals surface area contributed by atoms with E-state index in [-0.39, 0.29) is 0 Å². The number of hydrogen-bond donors (Lipinski definition) is 0. The minimum absolute atomic E-state index is 1.20. The summed E-state index contributed by atoms with van der Waals surface area (Å²) in [5.41, 5.74) is 0. The van der Waals surface area contributed by atoms with E-state index in [1.807, 2.05) is 0 Å². The first-order valence-corrected chi connectivity index (χ1v) is 9.02. The fraction of sp³-hybridized carbons (Fsp3) is 1.00. The number of unbranched alkanes of at least 4 members (excludes halogenated alkanes) is 6. The predicted octanol–water partition coefficient (Wildman–Crippen LogP) is 4.23. The van der Waals surface area contributed by atoms with Gasteiger partial charge in [0.15, 0.2) is 0 Å². The Bertz CT molecular complexity index is 107. The zero-order valence-electron chi connectivity index (χ0n) is 9.66. The Morgan fingerprint density at radius 1 is 0.846 bits per heavy atom. The highest BCUT2D eigenvalue weighted by atomic mass is 28.3. The van der Waals surface area contributed by atoms with Crippen molar-refractivity contribution < 1.29 is 0 Å². The lowest BCUT2D eigenvalue weighted by Crippen LogP contribution is -2.26. The maximum Gasteiger partial charge on any atom is 0.134 e. The van der Waals surface area contributed by atoms with E-state index in [9.17, 15) is 0 Å². The Labute approximate surface area is 85.2 Å². The van der Waals surface area contributed by atoms with Crippen molar-refractivity contribution in [3.05, 3.63) is 0 Å². The van der Waals surface area contributed by atoms with Crippen molar-refractivity contribution in [2.24, 2.45) is 0 Å². The lowest BCUT2D eigenvalue weighted by atomic mass is 10.1. The van der Waals surface area contributed by atoms with Crippen LogP contribution in [0.2, 0.25) is 19.1 Å². The van der Waals surface area contributed by atoms with Gasteiger partial charge in [-0.05, 0) is 6.04 Å². The summed E-state index contributed by atoms with van der Waals surface area (Å²) in [6.07, 6.45) is 9.62. The van der Waals surface area contributed by atoms with Gasteiger partial charge in [0, 0.05) is 0 Å². The third-order valence-electron chi connectivity index (χ3n) is 2.41. The first-order chi connectivity index (χ1) is 6.06. The van der Waals surface area contributed by atoms with Gasteiger partial charge in [0.05, 0.1) is 0 Å². The molecule has 0 saturated carbocycles. The van der Waals surface area contributed by atoms with Crippen LogP contribution in [-0.2, 0) is 0 Å². The van der Waals surface area contributed by atoms with Gasteiger partial charge in [-0.3, -0.25) is 5.40 Å². The summed E-state index contributed by atoms with van der Waals surface area (Å²) >= 11 is 0. The van der Waals surface area contributed by atoms with Crippen molar-refractivity contribution >= 4 is 8.24 Å². The van der Waals surface area contributed by atoms with Crippen molar-refractivity contribution in [3.8, 4) is 0 Å². The molecule has 79 valence electrons. The summed E-state index contributed by atoms with van der Waals surface area (Å²) in [5, 5.41) is 7.82. The molecule has 0 bridgehead atoms. The molecule has 13 heavy (non-hydrogen) atoms. The van der Waals surface area contributed by atoms with Crippen LogP contribution in [0.5, 0.6) is 0 Å². The number of rotatable bonds is 8. The molecular formula is C11H26NSi. The summed E-state index contributed by atoms with van der Waals surface area (Å²) < 4.78 is 0. The quantitative estimate of drug-likeness (QED) is 0.414. The Balaban J connectivity index is 3.00. The molecule has 0 aromatic heterocycles. The van der Waals surface area contributed by atoms with Gasteiger partial charge in [0.25, 0.3) is 0 Å². The highest BCUT2D eigenvalue weighted by molar-refractivity contribution is 6.73. The molecule has 0 saturated heterocycles. The van der Waals surface area contributed by atoms with Crippen molar-refractivity contribution in [1.29, 1.82) is 0 Å². The molecule has 0 atom stereocenters. The lowest BCUT2D eigenvalue weighted by molar-refractivity contribution is 0.600. The van der Waals surface area contributed by atoms with Crippen LogP contribution in [0.4, 0.5) is 0 Å². The zero-order valence-corrected chi connectivity index (χ0v) is 10.7. The first-order valence-electron chi connectivity index (χ1n) is 5.81. The lowest BCUT2D eigenvalue weighted by Gasteiger charge is -2.13. The average Bonchev–Trinajstić information content (AvgIpc) is 2.01. The second kappa shape index (κ2) is 7.57. The number of hydrogen-bond acceptors (Lipinski definition) is 0. The molecule has 1 radical (unpaired) electrons. The van der Waals surface area contributed by atoms with E-state index >= 15 is 0 Å². The molecule has 0 fully saturated rings. The molecule has 0 aliphatic rings. The number of nitrogens with one attached hydrogen (secondary N) is 1. The highest BCUT2D eigenvalue weighted by Gasteiger charge is 2.13. The summed E-state index contributed by atoms with van der Waals surface area (Å²) in [7, 11) is -1.48. The van der Waals surface area contributed by atoms with Gasteiger partial charge in [-0.25, -0.2) is 0 Å². The largest absolute Gasteiger partial charge is 0.285 e. The van der Waals surface area contributed by atoms with Gasteiger partial charge in [0.1, 0.15) is 8.24 Å². The molecule has 1 N–H and O–H groups in total. The van der Waals surface area contributed by atoms with E-state index in [0.29, 0.717) is 0 Å². The monoisotopic (exact) mass is 200 g/mol. The maximum atomic E-state index is 7.82. The standard InChI is InChI=1S/C11H26NSi/c1-4-5-6-7-8-9-10-11-13(2,3)12/h12H,4-11H2,1-3H3. The van der Waals surface area contributed by atoms with Gasteiger partial charge in [-0.15, -0.1) is 0 Å². The molecule has 0 spiro atoms. The molecule has 0 aromatic rings. The molecule has 0 aliphatic heterocycles. The third-order valence-corrected chi connectivity index (χ3v) is 4.01. The molecule has 0 heterocycles. The highest BCUT2D eigenvalue weighted by Crippen LogP contribution is 2.13. The van der Waals surface area contributed by atoms with Crippen LogP contribution in [0.3, 0.4) is 0 Å². The molecule has 0 aromatic carbocycles. The van der Waals surface area contributed by atoms with Crippen LogP contribution in [0, 0.1) is 0 Å². The van der Waals surface area contributed by atoms with E-state index in [2.05, 4.69) is 20.0 Å². The van der Waals surface area contributed by atoms with Gasteiger partial charge in [-0.1, -0.05) is 65.0 Å². The Morgan fingerprint density at radius 3 is 1.77 bits per heavy atom. The van der Waals surface area contributed by atoms with Crippen LogP contribution in [0.25, 0.3) is 0 Å². The van der Waals surface area contributed by atoms with Gasteiger partial charge in [0.2, 0.25) is 0 Å². The normalized spacial score (nSPS) is 12.0. The van der Waals surface area contributed by atoms with Crippen molar-refractivity contribution in [1.82, 2.24) is 5.40 Å². The van der Waals surface area contributed by atoms with Crippen LogP contribution >= 0.6 is 0 Å². The zero-order chi connectivity index (χ0) is 10.2. The van der Waals surface area contributed by atoms with Crippen LogP contribution < -0.4 is 5.40 Å². The predicted molar refractivity (Wildman–Crippen MR) is 63.4 cm³/mol. The van der Waals surface area contributed by atoms with Crippen molar-refractivity contribution in [3.63, 3.8) is 0 Å². The minimum Gasteiger partial charge on any atom is -0.285 e. The molecule has 0 rings (SSSR count). The SMILES string of the molecule is CCCCCCCCC[Si](C)(C)[NH]. The minimum atomic E-state index is -1.48. The van der Waals surface area contributed by atoms with Gasteiger partial charge in [-0.2, -0.15) is 0 Å². The fourth-order valence-electron chi connectivity index (χ4n) is 1.52. The molecular weight excluding hydrogens is 174 g/mol. The van der Waals surface area contributed by atoms with E-state index in [1.165, 1.54) is 51.0 Å². The van der Waals surface area contributed by atoms with Crippen LogP contribution in [0.15, 0.2) is 0 Å². The Kier molecular flexibility index (Phi) is 7.67. The van der Waals surface area contributed by atoms with E-state index in [1.54, 1.807) is 0 Å². The summed E-state index contributed by atoms with van der Waals surface area (Å²) in [6.45, 7) is 6.54. The second-order valence-electron chi connectivity index (χ2n) is 4.76. The molecule has 0 amide bonds. The van der Waals surface area contributed by atoms with Crippen LogP contribution in [0.1, 0.15) is 51.9 Å². The Hall–Kier alpha value is 0.177. The smallest absolute Gasteiger partial charge is 0.134 e. The second-order valence-corrected chi connectivity index (χ2v) is 9.02. The third kappa shape index (κ3) is 12.2. The topological polar surface area (TPSA) is 23.8 Å². The van der Waals surface area contributed by atoms with Crippen LogP contribution in [-0.4, -0.2) is 8.24 Å². The first kappa shape index (κ1) is 13.2. The summed E-state index contributed by atoms with van der Waals surface area (Å²) in [4.78, 5) is 0. The summed E-state index contributed by atoms with van der Waals surface area (Å²) in [5.74, 6) is 0. The van der Waals surface area contributed by atoms with Gasteiger partial charge < -0.3 is 0 Å². The molecule has 2 heteroatoms. The molecule has 0 unspecified atom stereocenters. The van der Waals surface area contributed by atoms with Gasteiger partial charge >= 0.3 is 0 Å². The van der Waals surface area contributed by atoms with E-state index in [4.69, 9.17) is 5.40 Å².